The van der Waals surface area contributed by atoms with E-state index in [1.165, 1.54) is 0 Å². The topological polar surface area (TPSA) is 50.6 Å². The molecule has 0 aliphatic heterocycles. The number of nitrogens with zero attached hydrogens (tertiary/aromatic N) is 3. The lowest BCUT2D eigenvalue weighted by molar-refractivity contribution is 0.233. The Hall–Kier alpha value is -1.94. The number of imidazole rings is 1. The zero-order chi connectivity index (χ0) is 11.2. The van der Waals surface area contributed by atoms with Crippen LogP contribution in [-0.2, 0) is 11.7 Å². The molecule has 0 fully saturated rings. The fourth-order valence-corrected chi connectivity index (χ4v) is 1.42. The molecule has 0 N–H and O–H groups in total. The highest BCUT2D eigenvalue weighted by atomic mass is 16.2. The summed E-state index contributed by atoms with van der Waals surface area (Å²) in [5, 5.41) is 10.3. The molecule has 16 heavy (non-hydrogen) atoms. The van der Waals surface area contributed by atoms with Gasteiger partial charge in [0.05, 0.1) is 24.3 Å². The molecule has 0 saturated heterocycles. The summed E-state index contributed by atoms with van der Waals surface area (Å²) in [4.78, 5) is 8.38. The highest BCUT2D eigenvalue weighted by Gasteiger charge is 1.96. The Morgan fingerprint density at radius 1 is 1.38 bits per heavy atom. The molecule has 81 valence electrons. The largest absolute Gasteiger partial charge is 0.331 e. The van der Waals surface area contributed by atoms with Crippen LogP contribution in [0.25, 0.3) is 6.08 Å². The Bertz CT molecular complexity index is 463. The molecular weight excluding hydrogens is 202 g/mol. The van der Waals surface area contributed by atoms with Gasteiger partial charge in [0.1, 0.15) is 6.61 Å². The van der Waals surface area contributed by atoms with E-state index in [1.54, 1.807) is 24.7 Å². The number of aromatic nitrogens is 3. The monoisotopic (exact) mass is 214 g/mol. The molecule has 1 radical (unpaired) electrons. The van der Waals surface area contributed by atoms with Crippen molar-refractivity contribution in [3.63, 3.8) is 0 Å². The van der Waals surface area contributed by atoms with Gasteiger partial charge in [0.2, 0.25) is 0 Å². The minimum atomic E-state index is -0.215. The second-order valence-corrected chi connectivity index (χ2v) is 3.36. The SMILES string of the molecule is [O]C/C=C/c1cccc(Cn2ccnc2)n1. The predicted octanol–water partition coefficient (Wildman–Crippen LogP) is 1.77. The Kier molecular flexibility index (Phi) is 3.46. The summed E-state index contributed by atoms with van der Waals surface area (Å²) in [5.74, 6) is 0. The number of hydrogen-bond donors (Lipinski definition) is 0. The van der Waals surface area contributed by atoms with Crippen molar-refractivity contribution < 1.29 is 5.11 Å². The molecule has 0 atom stereocenters. The van der Waals surface area contributed by atoms with Crippen molar-refractivity contribution in [3.05, 3.63) is 54.4 Å². The lowest BCUT2D eigenvalue weighted by Crippen LogP contribution is -1.99. The van der Waals surface area contributed by atoms with Gasteiger partial charge in [-0.1, -0.05) is 12.1 Å². The molecule has 2 aromatic rings. The molecule has 0 aliphatic carbocycles. The second kappa shape index (κ2) is 5.23. The zero-order valence-electron chi connectivity index (χ0n) is 8.78. The summed E-state index contributed by atoms with van der Waals surface area (Å²) in [6.45, 7) is 0.479. The Morgan fingerprint density at radius 2 is 2.31 bits per heavy atom. The molecule has 4 nitrogen and oxygen atoms in total. The van der Waals surface area contributed by atoms with Gasteiger partial charge >= 0.3 is 0 Å². The van der Waals surface area contributed by atoms with Gasteiger partial charge in [0.15, 0.2) is 0 Å². The maximum atomic E-state index is 10.3. The summed E-state index contributed by atoms with van der Waals surface area (Å²) in [6.07, 6.45) is 8.68. The van der Waals surface area contributed by atoms with Gasteiger partial charge in [-0.2, -0.15) is 0 Å². The van der Waals surface area contributed by atoms with Crippen LogP contribution in [0.5, 0.6) is 0 Å². The summed E-state index contributed by atoms with van der Waals surface area (Å²) in [5.41, 5.74) is 1.76. The summed E-state index contributed by atoms with van der Waals surface area (Å²) >= 11 is 0. The summed E-state index contributed by atoms with van der Waals surface area (Å²) < 4.78 is 1.95. The van der Waals surface area contributed by atoms with Crippen molar-refractivity contribution in [1.82, 2.24) is 14.5 Å². The molecule has 2 aromatic heterocycles. The van der Waals surface area contributed by atoms with E-state index < -0.39 is 0 Å². The first kappa shape index (κ1) is 10.6. The molecule has 0 spiro atoms. The average molecular weight is 214 g/mol. The van der Waals surface area contributed by atoms with E-state index >= 15 is 0 Å². The van der Waals surface area contributed by atoms with Gasteiger partial charge in [-0.3, -0.25) is 4.98 Å². The van der Waals surface area contributed by atoms with Gasteiger partial charge in [0, 0.05) is 12.4 Å². The first-order valence-electron chi connectivity index (χ1n) is 5.05. The third-order valence-electron chi connectivity index (χ3n) is 2.12. The minimum absolute atomic E-state index is 0.215. The molecule has 0 unspecified atom stereocenters. The standard InChI is InChI=1S/C12H12N3O/c16-8-2-5-11-3-1-4-12(14-11)9-15-7-6-13-10-15/h1-7,10H,8-9H2/b5-2+. The number of pyridine rings is 1. The fraction of sp³-hybridized carbons (Fsp3) is 0.167. The molecule has 2 rings (SSSR count). The van der Waals surface area contributed by atoms with E-state index in [9.17, 15) is 5.11 Å². The first-order chi connectivity index (χ1) is 7.88. The first-order valence-corrected chi connectivity index (χ1v) is 5.05. The predicted molar refractivity (Wildman–Crippen MR) is 60.2 cm³/mol. The lowest BCUT2D eigenvalue weighted by atomic mass is 10.3. The summed E-state index contributed by atoms with van der Waals surface area (Å²) in [7, 11) is 0. The number of hydrogen-bond acceptors (Lipinski definition) is 2. The van der Waals surface area contributed by atoms with Crippen molar-refractivity contribution in [3.8, 4) is 0 Å². The minimum Gasteiger partial charge on any atom is -0.331 e. The van der Waals surface area contributed by atoms with E-state index in [0.29, 0.717) is 6.54 Å². The molecule has 0 aliphatic rings. The molecule has 0 amide bonds. The Balaban J connectivity index is 2.13. The highest BCUT2D eigenvalue weighted by molar-refractivity contribution is 5.44. The van der Waals surface area contributed by atoms with E-state index in [1.807, 2.05) is 29.0 Å². The molecule has 0 aromatic carbocycles. The van der Waals surface area contributed by atoms with Crippen LogP contribution in [0.2, 0.25) is 0 Å². The third-order valence-corrected chi connectivity index (χ3v) is 2.12. The van der Waals surface area contributed by atoms with Crippen molar-refractivity contribution in [2.75, 3.05) is 6.61 Å². The van der Waals surface area contributed by atoms with Crippen LogP contribution in [0.1, 0.15) is 11.4 Å². The number of rotatable bonds is 4. The fourth-order valence-electron chi connectivity index (χ4n) is 1.42. The van der Waals surface area contributed by atoms with Crippen LogP contribution in [0.4, 0.5) is 0 Å². The maximum absolute atomic E-state index is 10.3. The second-order valence-electron chi connectivity index (χ2n) is 3.36. The van der Waals surface area contributed by atoms with Gasteiger partial charge in [-0.05, 0) is 18.2 Å². The van der Waals surface area contributed by atoms with E-state index in [0.717, 1.165) is 11.4 Å². The van der Waals surface area contributed by atoms with Crippen LogP contribution < -0.4 is 0 Å². The highest BCUT2D eigenvalue weighted by Crippen LogP contribution is 2.03. The van der Waals surface area contributed by atoms with Crippen LogP contribution in [-0.4, -0.2) is 21.1 Å². The van der Waals surface area contributed by atoms with Crippen molar-refractivity contribution in [2.45, 2.75) is 6.54 Å². The average Bonchev–Trinajstić information content (AvgIpc) is 2.80. The van der Waals surface area contributed by atoms with E-state index in [4.69, 9.17) is 0 Å². The maximum Gasteiger partial charge on any atom is 0.101 e. The van der Waals surface area contributed by atoms with Crippen molar-refractivity contribution in [2.24, 2.45) is 0 Å². The molecule has 4 heteroatoms. The van der Waals surface area contributed by atoms with Crippen molar-refractivity contribution in [1.29, 1.82) is 0 Å². The zero-order valence-corrected chi connectivity index (χ0v) is 8.78. The summed E-state index contributed by atoms with van der Waals surface area (Å²) in [6, 6.07) is 5.77. The quantitative estimate of drug-likeness (QED) is 0.778. The molecular formula is C12H12N3O. The van der Waals surface area contributed by atoms with Crippen molar-refractivity contribution >= 4 is 6.08 Å². The van der Waals surface area contributed by atoms with Gasteiger partial charge in [0.25, 0.3) is 0 Å². The smallest absolute Gasteiger partial charge is 0.101 e. The van der Waals surface area contributed by atoms with Crippen LogP contribution in [0, 0.1) is 0 Å². The van der Waals surface area contributed by atoms with E-state index in [2.05, 4.69) is 9.97 Å². The van der Waals surface area contributed by atoms with Crippen LogP contribution in [0.3, 0.4) is 0 Å². The van der Waals surface area contributed by atoms with Gasteiger partial charge in [-0.15, -0.1) is 0 Å². The molecule has 2 heterocycles. The lowest BCUT2D eigenvalue weighted by Gasteiger charge is -2.02. The van der Waals surface area contributed by atoms with Gasteiger partial charge < -0.3 is 4.57 Å². The third kappa shape index (κ3) is 2.77. The van der Waals surface area contributed by atoms with Gasteiger partial charge in [-0.25, -0.2) is 10.1 Å². The molecule has 0 saturated carbocycles. The Morgan fingerprint density at radius 3 is 3.06 bits per heavy atom. The normalized spacial score (nSPS) is 11.1. The van der Waals surface area contributed by atoms with Crippen LogP contribution in [0.15, 0.2) is 43.0 Å². The van der Waals surface area contributed by atoms with Crippen LogP contribution >= 0.6 is 0 Å². The molecule has 0 bridgehead atoms. The Labute approximate surface area is 93.9 Å². The van der Waals surface area contributed by atoms with E-state index in [-0.39, 0.29) is 6.61 Å².